The fourth-order valence-corrected chi connectivity index (χ4v) is 7.43. The highest BCUT2D eigenvalue weighted by molar-refractivity contribution is 6.42. The van der Waals surface area contributed by atoms with E-state index in [4.69, 9.17) is 47.4 Å². The number of rotatable bonds is 11. The summed E-state index contributed by atoms with van der Waals surface area (Å²) in [5, 5.41) is 13.1. The molecule has 0 spiro atoms. The number of nitrogens with one attached hydrogen (secondary N) is 1. The Morgan fingerprint density at radius 3 is 2.21 bits per heavy atom. The van der Waals surface area contributed by atoms with Crippen molar-refractivity contribution in [3.63, 3.8) is 0 Å². The van der Waals surface area contributed by atoms with Gasteiger partial charge in [0.05, 0.1) is 34.8 Å². The van der Waals surface area contributed by atoms with E-state index < -0.39 is 18.1 Å². The Bertz CT molecular complexity index is 2250. The van der Waals surface area contributed by atoms with Gasteiger partial charge in [0.2, 0.25) is 5.91 Å². The molecule has 0 fully saturated rings. The predicted molar refractivity (Wildman–Crippen MR) is 215 cm³/mol. The minimum atomic E-state index is -0.871. The molecule has 2 aliphatic heterocycles. The van der Waals surface area contributed by atoms with Gasteiger partial charge in [0.15, 0.2) is 17.6 Å². The van der Waals surface area contributed by atoms with Gasteiger partial charge in [-0.1, -0.05) is 77.8 Å². The molecule has 3 atom stereocenters. The van der Waals surface area contributed by atoms with Crippen LogP contribution in [0.3, 0.4) is 0 Å². The van der Waals surface area contributed by atoms with Crippen LogP contribution in [0, 0.1) is 11.3 Å². The number of ether oxygens (including phenoxy) is 4. The summed E-state index contributed by atoms with van der Waals surface area (Å²) in [6.07, 6.45) is 0.400. The van der Waals surface area contributed by atoms with Crippen molar-refractivity contribution in [2.75, 3.05) is 13.7 Å². The maximum atomic E-state index is 14.0. The molecule has 1 N–H and O–H groups in total. The minimum absolute atomic E-state index is 0.0450. The Morgan fingerprint density at radius 2 is 1.55 bits per heavy atom. The lowest BCUT2D eigenvalue weighted by Gasteiger charge is -2.40. The van der Waals surface area contributed by atoms with Crippen molar-refractivity contribution in [2.24, 2.45) is 0 Å². The maximum Gasteiger partial charge on any atom is 0.328 e. The number of esters is 1. The lowest BCUT2D eigenvalue weighted by Crippen LogP contribution is -2.56. The number of amides is 1. The van der Waals surface area contributed by atoms with Crippen LogP contribution in [-0.4, -0.2) is 48.6 Å². The fraction of sp³-hybridized carbons (Fsp3) is 0.267. The van der Waals surface area contributed by atoms with E-state index in [2.05, 4.69) is 30.1 Å². The second-order valence-electron chi connectivity index (χ2n) is 14.3. The highest BCUT2D eigenvalue weighted by atomic mass is 35.5. The molecule has 286 valence electrons. The number of halogens is 2. The van der Waals surface area contributed by atoms with E-state index in [0.29, 0.717) is 59.0 Å². The smallest absolute Gasteiger partial charge is 0.328 e. The molecule has 5 aromatic carbocycles. The third-order valence-electron chi connectivity index (χ3n) is 10.2. The Hall–Kier alpha value is -5.53. The van der Waals surface area contributed by atoms with Crippen molar-refractivity contribution in [1.29, 1.82) is 5.26 Å². The Labute approximate surface area is 336 Å². The summed E-state index contributed by atoms with van der Waals surface area (Å²) in [6, 6.07) is 33.1. The van der Waals surface area contributed by atoms with Gasteiger partial charge < -0.3 is 24.3 Å². The van der Waals surface area contributed by atoms with Crippen LogP contribution >= 0.6 is 23.2 Å². The van der Waals surface area contributed by atoms with Crippen LogP contribution in [0.2, 0.25) is 10.0 Å². The van der Waals surface area contributed by atoms with Gasteiger partial charge in [-0.2, -0.15) is 5.26 Å². The van der Waals surface area contributed by atoms with Crippen LogP contribution < -0.4 is 19.5 Å². The Balaban J connectivity index is 1.00. The summed E-state index contributed by atoms with van der Waals surface area (Å²) in [5.41, 5.74) is 7.36. The topological polar surface area (TPSA) is 110 Å². The summed E-state index contributed by atoms with van der Waals surface area (Å²) in [5.74, 6) is 1.25. The third-order valence-corrected chi connectivity index (χ3v) is 11.0. The van der Waals surface area contributed by atoms with Crippen LogP contribution in [-0.2, 0) is 40.3 Å². The molecule has 1 unspecified atom stereocenters. The molecular formula is C45H41Cl2N3O6. The zero-order valence-electron chi connectivity index (χ0n) is 31.3. The predicted octanol–water partition coefficient (Wildman–Crippen LogP) is 8.66. The van der Waals surface area contributed by atoms with Gasteiger partial charge in [-0.25, -0.2) is 4.79 Å². The van der Waals surface area contributed by atoms with Gasteiger partial charge in [0.1, 0.15) is 25.0 Å². The SMILES string of the molecule is COC(=O)[C@H](Cc1ccc(-c2ccc(C#N)cc2)cc1)NC(=O)C1Cc2cc3c(cc2CN1C(C)C)O[C@@H](c1ccc(OCc2ccc(Cl)c(Cl)c2)cc1)CO3. The first-order valence-electron chi connectivity index (χ1n) is 18.4. The van der Waals surface area contributed by atoms with Crippen molar-refractivity contribution in [1.82, 2.24) is 10.2 Å². The second kappa shape index (κ2) is 17.1. The summed E-state index contributed by atoms with van der Waals surface area (Å²) < 4.78 is 23.8. The molecule has 2 aliphatic rings. The molecule has 0 aliphatic carbocycles. The summed E-state index contributed by atoms with van der Waals surface area (Å²) in [6.45, 7) is 5.33. The zero-order valence-corrected chi connectivity index (χ0v) is 32.8. The van der Waals surface area contributed by atoms with Gasteiger partial charge in [-0.3, -0.25) is 9.69 Å². The molecule has 5 aromatic rings. The van der Waals surface area contributed by atoms with E-state index in [0.717, 1.165) is 38.9 Å². The molecular weight excluding hydrogens is 749 g/mol. The molecule has 56 heavy (non-hydrogen) atoms. The highest BCUT2D eigenvalue weighted by Crippen LogP contribution is 2.41. The minimum Gasteiger partial charge on any atom is -0.489 e. The fourth-order valence-electron chi connectivity index (χ4n) is 7.11. The lowest BCUT2D eigenvalue weighted by molar-refractivity contribution is -0.146. The van der Waals surface area contributed by atoms with Crippen LogP contribution in [0.5, 0.6) is 17.2 Å². The molecule has 2 heterocycles. The van der Waals surface area contributed by atoms with Crippen molar-refractivity contribution < 1.29 is 28.5 Å². The largest absolute Gasteiger partial charge is 0.489 e. The second-order valence-corrected chi connectivity index (χ2v) is 15.1. The van der Waals surface area contributed by atoms with E-state index in [-0.39, 0.29) is 24.5 Å². The molecule has 0 bridgehead atoms. The molecule has 0 saturated carbocycles. The van der Waals surface area contributed by atoms with E-state index in [1.165, 1.54) is 7.11 Å². The quantitative estimate of drug-likeness (QED) is 0.133. The van der Waals surface area contributed by atoms with Crippen molar-refractivity contribution in [3.8, 4) is 34.4 Å². The monoisotopic (exact) mass is 789 g/mol. The van der Waals surface area contributed by atoms with E-state index in [1.807, 2.05) is 78.9 Å². The molecule has 7 rings (SSSR count). The molecule has 0 saturated heterocycles. The number of nitrogens with zero attached hydrogens (tertiary/aromatic N) is 2. The number of fused-ring (bicyclic) bond motifs is 2. The van der Waals surface area contributed by atoms with Crippen molar-refractivity contribution in [3.05, 3.63) is 147 Å². The van der Waals surface area contributed by atoms with Gasteiger partial charge in [0, 0.05) is 19.0 Å². The standard InChI is InChI=1S/C45H41Cl2N3O6/c1-27(2)50-24-35-22-42-41(55-26-43(56-42)33-13-15-36(16-14-33)54-25-30-8-17-37(46)38(47)18-30)21-34(35)20-40(50)44(51)49-39(45(52)53-3)19-28-4-9-31(10-5-28)32-11-6-29(23-48)7-12-32/h4-18,21-22,27,39-40,43H,19-20,24-26H2,1-3H3,(H,49,51)/t39-,40?,43+/m0/s1. The Kier molecular flexibility index (Phi) is 11.8. The first-order chi connectivity index (χ1) is 27.1. The third kappa shape index (κ3) is 8.79. The molecule has 0 radical (unpaired) electrons. The normalized spacial score (nSPS) is 16.7. The summed E-state index contributed by atoms with van der Waals surface area (Å²) in [4.78, 5) is 29.2. The number of hydrogen-bond acceptors (Lipinski definition) is 8. The van der Waals surface area contributed by atoms with E-state index in [9.17, 15) is 9.59 Å². The number of carbonyl (C=O) groups excluding carboxylic acids is 2. The van der Waals surface area contributed by atoms with E-state index >= 15 is 0 Å². The number of methoxy groups -OCH3 is 1. The van der Waals surface area contributed by atoms with Crippen LogP contribution in [0.15, 0.2) is 103 Å². The van der Waals surface area contributed by atoms with Crippen LogP contribution in [0.25, 0.3) is 11.1 Å². The number of hydrogen-bond donors (Lipinski definition) is 1. The number of carbonyl (C=O) groups is 2. The van der Waals surface area contributed by atoms with Gasteiger partial charge >= 0.3 is 5.97 Å². The van der Waals surface area contributed by atoms with Gasteiger partial charge in [-0.15, -0.1) is 0 Å². The number of benzene rings is 5. The van der Waals surface area contributed by atoms with Gasteiger partial charge in [0.25, 0.3) is 0 Å². The molecule has 1 amide bonds. The van der Waals surface area contributed by atoms with Crippen molar-refractivity contribution >= 4 is 35.1 Å². The first-order valence-corrected chi connectivity index (χ1v) is 19.2. The van der Waals surface area contributed by atoms with Crippen LogP contribution in [0.1, 0.15) is 53.3 Å². The highest BCUT2D eigenvalue weighted by Gasteiger charge is 2.37. The zero-order chi connectivity index (χ0) is 39.3. The van der Waals surface area contributed by atoms with E-state index in [1.54, 1.807) is 24.3 Å². The first kappa shape index (κ1) is 38.7. The van der Waals surface area contributed by atoms with Crippen LogP contribution in [0.4, 0.5) is 0 Å². The Morgan fingerprint density at radius 1 is 0.875 bits per heavy atom. The number of nitriles is 1. The van der Waals surface area contributed by atoms with Crippen molar-refractivity contribution in [2.45, 2.75) is 64.1 Å². The lowest BCUT2D eigenvalue weighted by atomic mass is 9.91. The van der Waals surface area contributed by atoms with Gasteiger partial charge in [-0.05, 0) is 108 Å². The average Bonchev–Trinajstić information content (AvgIpc) is 3.22. The molecule has 9 nitrogen and oxygen atoms in total. The molecule has 0 aromatic heterocycles. The maximum absolute atomic E-state index is 14.0. The summed E-state index contributed by atoms with van der Waals surface area (Å²) >= 11 is 12.2. The molecule has 11 heteroatoms. The average molecular weight is 791 g/mol. The summed E-state index contributed by atoms with van der Waals surface area (Å²) in [7, 11) is 1.33.